The van der Waals surface area contributed by atoms with Crippen molar-refractivity contribution >= 4 is 44.0 Å². The van der Waals surface area contributed by atoms with Gasteiger partial charge >= 0.3 is 0 Å². The van der Waals surface area contributed by atoms with E-state index in [1.54, 1.807) is 0 Å². The molecule has 0 bridgehead atoms. The standard InChI is InChI=1S/C44H29N3O/c1-3-12-28(13-4-1)30-22-25-39-36(26-30)32-16-8-10-20-38(32)47(39)31-23-24-34-41(27-31)48-40-21-11-18-35(42(34)40)44-45-37-19-9-7-17-33(37)43(46-44)29-14-5-2-6-15-29/h1-26,41H,27H2. The van der Waals surface area contributed by atoms with Crippen molar-refractivity contribution in [2.24, 2.45) is 0 Å². The first kappa shape index (κ1) is 26.9. The van der Waals surface area contributed by atoms with Crippen LogP contribution in [0.2, 0.25) is 0 Å². The van der Waals surface area contributed by atoms with E-state index in [4.69, 9.17) is 14.7 Å². The SMILES string of the molecule is C1=C2c3c(cccc3-c3nc(-c4ccccc4)c4ccccc4n3)OC2CC(n2c3ccccc3c3cc(-c4ccccc4)ccc32)=C1. The van der Waals surface area contributed by atoms with Crippen LogP contribution in [0, 0.1) is 0 Å². The lowest BCUT2D eigenvalue weighted by atomic mass is 9.91. The predicted molar refractivity (Wildman–Crippen MR) is 197 cm³/mol. The highest BCUT2D eigenvalue weighted by Gasteiger charge is 2.35. The van der Waals surface area contributed by atoms with Crippen molar-refractivity contribution in [1.29, 1.82) is 0 Å². The van der Waals surface area contributed by atoms with Gasteiger partial charge in [0.1, 0.15) is 11.9 Å². The van der Waals surface area contributed by atoms with E-state index >= 15 is 0 Å². The van der Waals surface area contributed by atoms with E-state index in [-0.39, 0.29) is 6.10 Å². The number of ether oxygens (including phenoxy) is 1. The Morgan fingerprint density at radius 1 is 0.562 bits per heavy atom. The molecule has 0 saturated carbocycles. The van der Waals surface area contributed by atoms with E-state index in [0.717, 1.165) is 45.5 Å². The van der Waals surface area contributed by atoms with Gasteiger partial charge < -0.3 is 9.30 Å². The van der Waals surface area contributed by atoms with Gasteiger partial charge in [0.2, 0.25) is 0 Å². The summed E-state index contributed by atoms with van der Waals surface area (Å²) in [5, 5.41) is 3.55. The smallest absolute Gasteiger partial charge is 0.161 e. The van der Waals surface area contributed by atoms with Crippen molar-refractivity contribution in [2.45, 2.75) is 12.5 Å². The second-order valence-corrected chi connectivity index (χ2v) is 12.5. The van der Waals surface area contributed by atoms with Gasteiger partial charge in [-0.1, -0.05) is 121 Å². The number of benzene rings is 6. The fourth-order valence-corrected chi connectivity index (χ4v) is 7.55. The predicted octanol–water partition coefficient (Wildman–Crippen LogP) is 10.8. The van der Waals surface area contributed by atoms with Gasteiger partial charge in [-0.15, -0.1) is 0 Å². The number of fused-ring (bicyclic) bond motifs is 7. The highest BCUT2D eigenvalue weighted by Crippen LogP contribution is 2.48. The lowest BCUT2D eigenvalue weighted by Crippen LogP contribution is -2.17. The van der Waals surface area contributed by atoms with Gasteiger partial charge in [-0.3, -0.25) is 0 Å². The van der Waals surface area contributed by atoms with Crippen LogP contribution in [0.5, 0.6) is 5.75 Å². The molecule has 2 aromatic heterocycles. The number of aromatic nitrogens is 3. The largest absolute Gasteiger partial charge is 0.485 e. The molecule has 0 fully saturated rings. The zero-order valence-electron chi connectivity index (χ0n) is 26.0. The fourth-order valence-electron chi connectivity index (χ4n) is 7.55. The minimum Gasteiger partial charge on any atom is -0.485 e. The van der Waals surface area contributed by atoms with Crippen LogP contribution in [0.4, 0.5) is 0 Å². The maximum Gasteiger partial charge on any atom is 0.161 e. The molecule has 48 heavy (non-hydrogen) atoms. The Morgan fingerprint density at radius 2 is 1.29 bits per heavy atom. The Hall–Kier alpha value is -6.26. The van der Waals surface area contributed by atoms with Crippen LogP contribution in [0.25, 0.3) is 77.8 Å². The van der Waals surface area contributed by atoms with E-state index in [1.165, 1.54) is 44.2 Å². The van der Waals surface area contributed by atoms with Crippen LogP contribution >= 0.6 is 0 Å². The second-order valence-electron chi connectivity index (χ2n) is 12.5. The van der Waals surface area contributed by atoms with Gasteiger partial charge in [-0.05, 0) is 47.5 Å². The Kier molecular flexibility index (Phi) is 5.97. The zero-order chi connectivity index (χ0) is 31.6. The summed E-state index contributed by atoms with van der Waals surface area (Å²) >= 11 is 0. The molecule has 10 rings (SSSR count). The summed E-state index contributed by atoms with van der Waals surface area (Å²) in [6.45, 7) is 0. The van der Waals surface area contributed by atoms with Gasteiger partial charge in [-0.2, -0.15) is 0 Å². The first-order chi connectivity index (χ1) is 23.8. The van der Waals surface area contributed by atoms with Gasteiger partial charge in [0.15, 0.2) is 5.82 Å². The third-order valence-electron chi connectivity index (χ3n) is 9.74. The summed E-state index contributed by atoms with van der Waals surface area (Å²) in [5.41, 5.74) is 12.3. The summed E-state index contributed by atoms with van der Waals surface area (Å²) in [4.78, 5) is 10.3. The molecule has 0 spiro atoms. The molecule has 226 valence electrons. The molecule has 2 aliphatic rings. The molecule has 1 aliphatic heterocycles. The molecule has 1 unspecified atom stereocenters. The van der Waals surface area contributed by atoms with Crippen LogP contribution in [0.1, 0.15) is 12.0 Å². The average Bonchev–Trinajstić information content (AvgIpc) is 3.70. The summed E-state index contributed by atoms with van der Waals surface area (Å²) in [5.74, 6) is 1.59. The second kappa shape index (κ2) is 10.6. The lowest BCUT2D eigenvalue weighted by molar-refractivity contribution is 0.280. The number of hydrogen-bond acceptors (Lipinski definition) is 3. The number of rotatable bonds is 4. The van der Waals surface area contributed by atoms with E-state index in [0.29, 0.717) is 5.82 Å². The highest BCUT2D eigenvalue weighted by atomic mass is 16.5. The summed E-state index contributed by atoms with van der Waals surface area (Å²) < 4.78 is 9.14. The van der Waals surface area contributed by atoms with Crippen molar-refractivity contribution in [3.05, 3.63) is 163 Å². The summed E-state index contributed by atoms with van der Waals surface area (Å²) in [7, 11) is 0. The monoisotopic (exact) mass is 615 g/mol. The Balaban J connectivity index is 1.11. The molecule has 8 aromatic rings. The minimum absolute atomic E-state index is 0.102. The van der Waals surface area contributed by atoms with Crippen LogP contribution in [0.3, 0.4) is 0 Å². The Bertz CT molecular complexity index is 2610. The third-order valence-corrected chi connectivity index (χ3v) is 9.74. The first-order valence-electron chi connectivity index (χ1n) is 16.4. The molecule has 0 N–H and O–H groups in total. The van der Waals surface area contributed by atoms with Gasteiger partial charge in [0.25, 0.3) is 0 Å². The minimum atomic E-state index is -0.102. The molecule has 4 nitrogen and oxygen atoms in total. The van der Waals surface area contributed by atoms with Crippen molar-refractivity contribution in [1.82, 2.24) is 14.5 Å². The number of para-hydroxylation sites is 2. The molecule has 1 aliphatic carbocycles. The number of nitrogens with zero attached hydrogens (tertiary/aromatic N) is 3. The van der Waals surface area contributed by atoms with Crippen LogP contribution in [0.15, 0.2) is 158 Å². The number of allylic oxidation sites excluding steroid dienone is 2. The van der Waals surface area contributed by atoms with Crippen molar-refractivity contribution < 1.29 is 4.74 Å². The molecule has 6 aromatic carbocycles. The molecule has 0 radical (unpaired) electrons. The van der Waals surface area contributed by atoms with Gasteiger partial charge in [0.05, 0.1) is 22.2 Å². The van der Waals surface area contributed by atoms with Crippen molar-refractivity contribution in [3.8, 4) is 39.5 Å². The Labute approximate surface area is 277 Å². The zero-order valence-corrected chi connectivity index (χ0v) is 26.0. The van der Waals surface area contributed by atoms with Crippen LogP contribution < -0.4 is 4.74 Å². The average molecular weight is 616 g/mol. The van der Waals surface area contributed by atoms with E-state index in [1.807, 2.05) is 18.2 Å². The molecular formula is C44H29N3O. The van der Waals surface area contributed by atoms with Crippen LogP contribution in [-0.2, 0) is 0 Å². The van der Waals surface area contributed by atoms with E-state index in [9.17, 15) is 0 Å². The molecule has 3 heterocycles. The summed E-state index contributed by atoms with van der Waals surface area (Å²) in [6, 6.07) is 51.0. The topological polar surface area (TPSA) is 39.9 Å². The van der Waals surface area contributed by atoms with Crippen molar-refractivity contribution in [2.75, 3.05) is 0 Å². The first-order valence-corrected chi connectivity index (χ1v) is 16.4. The number of hydrogen-bond donors (Lipinski definition) is 0. The van der Waals surface area contributed by atoms with E-state index < -0.39 is 0 Å². The molecular weight excluding hydrogens is 587 g/mol. The molecule has 4 heteroatoms. The molecule has 1 atom stereocenters. The maximum absolute atomic E-state index is 6.73. The molecule has 0 amide bonds. The fraction of sp³-hybridized carbons (Fsp3) is 0.0455. The highest BCUT2D eigenvalue weighted by molar-refractivity contribution is 6.11. The van der Waals surface area contributed by atoms with Gasteiger partial charge in [0, 0.05) is 50.5 Å². The third kappa shape index (κ3) is 4.16. The Morgan fingerprint density at radius 3 is 2.15 bits per heavy atom. The normalized spacial score (nSPS) is 15.2. The maximum atomic E-state index is 6.73. The van der Waals surface area contributed by atoms with E-state index in [2.05, 4.69) is 144 Å². The molecule has 0 saturated heterocycles. The van der Waals surface area contributed by atoms with Crippen LogP contribution in [-0.4, -0.2) is 20.6 Å². The lowest BCUT2D eigenvalue weighted by Gasteiger charge is -2.21. The quantitative estimate of drug-likeness (QED) is 0.198. The summed E-state index contributed by atoms with van der Waals surface area (Å²) in [6.07, 6.45) is 5.17. The van der Waals surface area contributed by atoms with Gasteiger partial charge in [-0.25, -0.2) is 9.97 Å². The van der Waals surface area contributed by atoms with Crippen molar-refractivity contribution in [3.63, 3.8) is 0 Å².